The van der Waals surface area contributed by atoms with Crippen LogP contribution in [0.2, 0.25) is 0 Å². The summed E-state index contributed by atoms with van der Waals surface area (Å²) < 4.78 is 10.5. The number of aryl methyl sites for hydroxylation is 1. The number of nitrogens with zero attached hydrogens (tertiary/aromatic N) is 2. The fourth-order valence-electron chi connectivity index (χ4n) is 1.84. The molecule has 2 aromatic carbocycles. The summed E-state index contributed by atoms with van der Waals surface area (Å²) in [4.78, 5) is 10.4. The molecule has 0 fully saturated rings. The van der Waals surface area contributed by atoms with Crippen molar-refractivity contribution in [3.8, 4) is 23.3 Å². The minimum absolute atomic E-state index is 0.166. The largest absolute Gasteiger partial charge is 0.490 e. The van der Waals surface area contributed by atoms with E-state index in [1.165, 1.54) is 19.2 Å². The molecule has 21 heavy (non-hydrogen) atoms. The minimum Gasteiger partial charge on any atom is -0.490 e. The van der Waals surface area contributed by atoms with Crippen molar-refractivity contribution in [3.05, 3.63) is 57.6 Å². The highest BCUT2D eigenvalue weighted by atomic mass is 16.6. The van der Waals surface area contributed by atoms with Crippen molar-refractivity contribution >= 4 is 5.69 Å². The molecule has 0 saturated heterocycles. The number of ether oxygens (including phenoxy) is 2. The van der Waals surface area contributed by atoms with E-state index in [0.717, 1.165) is 5.56 Å². The maximum Gasteiger partial charge on any atom is 0.314 e. The van der Waals surface area contributed by atoms with Crippen LogP contribution in [0.1, 0.15) is 11.1 Å². The predicted octanol–water partition coefficient (Wildman–Crippen LogP) is 3.58. The number of hydrogen-bond donors (Lipinski definition) is 0. The van der Waals surface area contributed by atoms with Gasteiger partial charge in [-0.3, -0.25) is 10.1 Å². The van der Waals surface area contributed by atoms with Gasteiger partial charge in [0, 0.05) is 0 Å². The highest BCUT2D eigenvalue weighted by Gasteiger charge is 2.16. The van der Waals surface area contributed by atoms with Crippen LogP contribution in [0.3, 0.4) is 0 Å². The smallest absolute Gasteiger partial charge is 0.314 e. The van der Waals surface area contributed by atoms with Crippen molar-refractivity contribution < 1.29 is 14.4 Å². The van der Waals surface area contributed by atoms with Gasteiger partial charge in [-0.1, -0.05) is 0 Å². The van der Waals surface area contributed by atoms with Gasteiger partial charge in [0.25, 0.3) is 0 Å². The van der Waals surface area contributed by atoms with Crippen LogP contribution in [0.4, 0.5) is 5.69 Å². The molecule has 0 unspecified atom stereocenters. The Morgan fingerprint density at radius 3 is 2.43 bits per heavy atom. The Hall–Kier alpha value is -3.07. The van der Waals surface area contributed by atoms with E-state index in [-0.39, 0.29) is 11.4 Å². The molecule has 0 aliphatic rings. The maximum atomic E-state index is 11.0. The Morgan fingerprint density at radius 1 is 1.19 bits per heavy atom. The van der Waals surface area contributed by atoms with Crippen molar-refractivity contribution in [2.24, 2.45) is 0 Å². The van der Waals surface area contributed by atoms with Crippen LogP contribution >= 0.6 is 0 Å². The zero-order valence-electron chi connectivity index (χ0n) is 11.5. The van der Waals surface area contributed by atoms with Crippen molar-refractivity contribution in [2.45, 2.75) is 6.92 Å². The summed E-state index contributed by atoms with van der Waals surface area (Å²) in [6.45, 7) is 1.79. The summed E-state index contributed by atoms with van der Waals surface area (Å²) in [7, 11) is 1.37. The summed E-state index contributed by atoms with van der Waals surface area (Å²) >= 11 is 0. The molecule has 6 nitrogen and oxygen atoms in total. The molecule has 2 aromatic rings. The van der Waals surface area contributed by atoms with Gasteiger partial charge in [-0.25, -0.2) is 0 Å². The average molecular weight is 284 g/mol. The molecule has 0 bridgehead atoms. The van der Waals surface area contributed by atoms with E-state index < -0.39 is 4.92 Å². The summed E-state index contributed by atoms with van der Waals surface area (Å²) in [5, 5.41) is 19.8. The Morgan fingerprint density at radius 2 is 1.86 bits per heavy atom. The molecule has 0 aliphatic heterocycles. The van der Waals surface area contributed by atoms with Crippen LogP contribution in [-0.2, 0) is 0 Å². The highest BCUT2D eigenvalue weighted by Crippen LogP contribution is 2.33. The average Bonchev–Trinajstić information content (AvgIpc) is 2.47. The standard InChI is InChI=1S/C15H12N2O4/c1-10-7-12(4-3-11(10)9-16)21-13-5-6-15(20-2)14(8-13)17(18)19/h3-8H,1-2H3. The van der Waals surface area contributed by atoms with Crippen LogP contribution < -0.4 is 9.47 Å². The second-order valence-electron chi connectivity index (χ2n) is 4.28. The second-order valence-corrected chi connectivity index (χ2v) is 4.28. The fourth-order valence-corrected chi connectivity index (χ4v) is 1.84. The number of nitro groups is 1. The molecule has 0 aromatic heterocycles. The van der Waals surface area contributed by atoms with Crippen molar-refractivity contribution in [1.29, 1.82) is 5.26 Å². The molecule has 0 aliphatic carbocycles. The van der Waals surface area contributed by atoms with E-state index in [1.54, 1.807) is 31.2 Å². The zero-order chi connectivity index (χ0) is 15.4. The van der Waals surface area contributed by atoms with E-state index in [9.17, 15) is 10.1 Å². The lowest BCUT2D eigenvalue weighted by molar-refractivity contribution is -0.385. The molecule has 0 amide bonds. The van der Waals surface area contributed by atoms with Gasteiger partial charge in [-0.15, -0.1) is 0 Å². The Labute approximate surface area is 121 Å². The molecule has 0 radical (unpaired) electrons. The van der Waals surface area contributed by atoms with Crippen molar-refractivity contribution in [2.75, 3.05) is 7.11 Å². The summed E-state index contributed by atoms with van der Waals surface area (Å²) in [5.74, 6) is 1.00. The van der Waals surface area contributed by atoms with E-state index in [2.05, 4.69) is 6.07 Å². The fraction of sp³-hybridized carbons (Fsp3) is 0.133. The summed E-state index contributed by atoms with van der Waals surface area (Å²) in [6, 6.07) is 11.4. The molecule has 0 heterocycles. The number of nitriles is 1. The highest BCUT2D eigenvalue weighted by molar-refractivity contribution is 5.52. The van der Waals surface area contributed by atoms with E-state index in [4.69, 9.17) is 14.7 Å². The molecule has 0 saturated carbocycles. The van der Waals surface area contributed by atoms with Crippen LogP contribution in [0.25, 0.3) is 0 Å². The van der Waals surface area contributed by atoms with Gasteiger partial charge in [0.1, 0.15) is 11.5 Å². The van der Waals surface area contributed by atoms with Crippen LogP contribution in [0.15, 0.2) is 36.4 Å². The van der Waals surface area contributed by atoms with Crippen LogP contribution in [0, 0.1) is 28.4 Å². The van der Waals surface area contributed by atoms with Gasteiger partial charge < -0.3 is 9.47 Å². The number of methoxy groups -OCH3 is 1. The topological polar surface area (TPSA) is 85.4 Å². The molecule has 106 valence electrons. The third-order valence-corrected chi connectivity index (χ3v) is 2.90. The van der Waals surface area contributed by atoms with Crippen molar-refractivity contribution in [3.63, 3.8) is 0 Å². The van der Waals surface area contributed by atoms with Crippen molar-refractivity contribution in [1.82, 2.24) is 0 Å². The SMILES string of the molecule is COc1ccc(Oc2ccc(C#N)c(C)c2)cc1[N+](=O)[O-]. The number of nitro benzene ring substituents is 1. The van der Waals surface area contributed by atoms with E-state index in [1.807, 2.05) is 0 Å². The lowest BCUT2D eigenvalue weighted by atomic mass is 10.1. The predicted molar refractivity (Wildman–Crippen MR) is 75.6 cm³/mol. The molecule has 0 N–H and O–H groups in total. The Balaban J connectivity index is 2.32. The first-order valence-corrected chi connectivity index (χ1v) is 6.06. The lowest BCUT2D eigenvalue weighted by Crippen LogP contribution is -1.94. The Bertz CT molecular complexity index is 735. The third-order valence-electron chi connectivity index (χ3n) is 2.90. The zero-order valence-corrected chi connectivity index (χ0v) is 11.5. The molecule has 6 heteroatoms. The van der Waals surface area contributed by atoms with Gasteiger partial charge in [-0.2, -0.15) is 5.26 Å². The van der Waals surface area contributed by atoms with Gasteiger partial charge >= 0.3 is 5.69 Å². The number of benzene rings is 2. The Kier molecular flexibility index (Phi) is 4.05. The quantitative estimate of drug-likeness (QED) is 0.632. The van der Waals surface area contributed by atoms with Gasteiger partial charge in [-0.05, 0) is 42.8 Å². The monoisotopic (exact) mass is 284 g/mol. The van der Waals surface area contributed by atoms with Gasteiger partial charge in [0.15, 0.2) is 5.75 Å². The molecular weight excluding hydrogens is 272 g/mol. The maximum absolute atomic E-state index is 11.0. The number of hydrogen-bond acceptors (Lipinski definition) is 5. The van der Waals surface area contributed by atoms with Crippen LogP contribution in [-0.4, -0.2) is 12.0 Å². The van der Waals surface area contributed by atoms with Gasteiger partial charge in [0.2, 0.25) is 0 Å². The first-order valence-electron chi connectivity index (χ1n) is 6.06. The molecule has 0 atom stereocenters. The first kappa shape index (κ1) is 14.3. The second kappa shape index (κ2) is 5.92. The molecule has 2 rings (SSSR count). The third kappa shape index (κ3) is 3.09. The van der Waals surface area contributed by atoms with E-state index in [0.29, 0.717) is 17.1 Å². The van der Waals surface area contributed by atoms with Gasteiger partial charge in [0.05, 0.1) is 29.7 Å². The van der Waals surface area contributed by atoms with Crippen LogP contribution in [0.5, 0.6) is 17.2 Å². The summed E-state index contributed by atoms with van der Waals surface area (Å²) in [6.07, 6.45) is 0. The number of rotatable bonds is 4. The normalized spacial score (nSPS) is 9.76. The summed E-state index contributed by atoms with van der Waals surface area (Å²) in [5.41, 5.74) is 1.17. The molecule has 0 spiro atoms. The first-order chi connectivity index (χ1) is 10.0. The lowest BCUT2D eigenvalue weighted by Gasteiger charge is -2.08. The molecular formula is C15H12N2O4. The van der Waals surface area contributed by atoms with E-state index >= 15 is 0 Å². The minimum atomic E-state index is -0.532.